The maximum Gasteiger partial charge on any atom is 0.223 e. The van der Waals surface area contributed by atoms with Gasteiger partial charge in [-0.2, -0.15) is 0 Å². The standard InChI is InChI=1S/C14H28N2O/c1-4-6-12-9-13(12)16-14(17)10(2)7-5-8-11(3)15/h10-13H,4-9,15H2,1-3H3,(H,16,17). The molecule has 1 aliphatic rings. The highest BCUT2D eigenvalue weighted by atomic mass is 16.1. The molecule has 4 unspecified atom stereocenters. The van der Waals surface area contributed by atoms with Crippen molar-refractivity contribution >= 4 is 5.91 Å². The Morgan fingerprint density at radius 3 is 2.71 bits per heavy atom. The van der Waals surface area contributed by atoms with E-state index in [1.165, 1.54) is 19.3 Å². The minimum atomic E-state index is 0.136. The molecule has 1 saturated carbocycles. The van der Waals surface area contributed by atoms with Crippen molar-refractivity contribution < 1.29 is 4.79 Å². The zero-order valence-electron chi connectivity index (χ0n) is 11.5. The summed E-state index contributed by atoms with van der Waals surface area (Å²) < 4.78 is 0. The van der Waals surface area contributed by atoms with Crippen molar-refractivity contribution in [1.29, 1.82) is 0 Å². The summed E-state index contributed by atoms with van der Waals surface area (Å²) in [5.41, 5.74) is 5.70. The molecule has 100 valence electrons. The Bertz CT molecular complexity index is 240. The third kappa shape index (κ3) is 5.53. The number of rotatable bonds is 8. The van der Waals surface area contributed by atoms with Crippen molar-refractivity contribution in [2.24, 2.45) is 17.6 Å². The van der Waals surface area contributed by atoms with Crippen LogP contribution >= 0.6 is 0 Å². The van der Waals surface area contributed by atoms with Gasteiger partial charge in [0.1, 0.15) is 0 Å². The Kier molecular flexibility index (Phi) is 5.96. The zero-order chi connectivity index (χ0) is 12.8. The molecular weight excluding hydrogens is 212 g/mol. The first-order chi connectivity index (χ1) is 8.04. The molecule has 1 fully saturated rings. The third-order valence-electron chi connectivity index (χ3n) is 3.65. The molecule has 4 atom stereocenters. The van der Waals surface area contributed by atoms with Crippen molar-refractivity contribution in [3.8, 4) is 0 Å². The minimum Gasteiger partial charge on any atom is -0.353 e. The molecule has 0 spiro atoms. The van der Waals surface area contributed by atoms with Gasteiger partial charge in [0.05, 0.1) is 0 Å². The van der Waals surface area contributed by atoms with E-state index in [9.17, 15) is 4.79 Å². The summed E-state index contributed by atoms with van der Waals surface area (Å²) in [6.45, 7) is 6.24. The van der Waals surface area contributed by atoms with Gasteiger partial charge >= 0.3 is 0 Å². The van der Waals surface area contributed by atoms with Crippen LogP contribution in [0, 0.1) is 11.8 Å². The second-order valence-corrected chi connectivity index (χ2v) is 5.71. The van der Waals surface area contributed by atoms with Crippen LogP contribution < -0.4 is 11.1 Å². The van der Waals surface area contributed by atoms with Crippen LogP contribution in [0.15, 0.2) is 0 Å². The van der Waals surface area contributed by atoms with E-state index in [0.717, 1.165) is 25.2 Å². The Labute approximate surface area is 106 Å². The quantitative estimate of drug-likeness (QED) is 0.684. The van der Waals surface area contributed by atoms with Crippen LogP contribution in [0.5, 0.6) is 0 Å². The molecule has 0 aromatic heterocycles. The molecule has 1 amide bonds. The molecule has 3 heteroatoms. The second kappa shape index (κ2) is 7.00. The van der Waals surface area contributed by atoms with Crippen LogP contribution in [0.2, 0.25) is 0 Å². The predicted octanol–water partition coefficient (Wildman–Crippen LogP) is 2.44. The first kappa shape index (κ1) is 14.5. The number of hydrogen-bond acceptors (Lipinski definition) is 2. The van der Waals surface area contributed by atoms with Gasteiger partial charge in [0, 0.05) is 18.0 Å². The van der Waals surface area contributed by atoms with E-state index in [4.69, 9.17) is 5.73 Å². The molecule has 0 bridgehead atoms. The zero-order valence-corrected chi connectivity index (χ0v) is 11.5. The summed E-state index contributed by atoms with van der Waals surface area (Å²) in [6, 6.07) is 0.723. The van der Waals surface area contributed by atoms with Crippen LogP contribution in [0.4, 0.5) is 0 Å². The van der Waals surface area contributed by atoms with E-state index in [2.05, 4.69) is 12.2 Å². The molecule has 0 heterocycles. The van der Waals surface area contributed by atoms with Crippen LogP contribution in [0.3, 0.4) is 0 Å². The van der Waals surface area contributed by atoms with Crippen molar-refractivity contribution in [2.45, 2.75) is 71.4 Å². The summed E-state index contributed by atoms with van der Waals surface area (Å²) in [7, 11) is 0. The van der Waals surface area contributed by atoms with Crippen molar-refractivity contribution in [1.82, 2.24) is 5.32 Å². The molecule has 0 radical (unpaired) electrons. The summed E-state index contributed by atoms with van der Waals surface area (Å²) in [4.78, 5) is 11.9. The van der Waals surface area contributed by atoms with E-state index in [-0.39, 0.29) is 17.9 Å². The summed E-state index contributed by atoms with van der Waals surface area (Å²) in [5.74, 6) is 1.12. The number of carbonyl (C=O) groups is 1. The van der Waals surface area contributed by atoms with Crippen LogP contribution in [-0.4, -0.2) is 18.0 Å². The SMILES string of the molecule is CCCC1CC1NC(=O)C(C)CCCC(C)N. The molecule has 1 aliphatic carbocycles. The van der Waals surface area contributed by atoms with Gasteiger partial charge in [-0.05, 0) is 38.5 Å². The lowest BCUT2D eigenvalue weighted by Crippen LogP contribution is -2.32. The molecule has 17 heavy (non-hydrogen) atoms. The molecular formula is C14H28N2O. The fraction of sp³-hybridized carbons (Fsp3) is 0.929. The number of nitrogens with one attached hydrogen (secondary N) is 1. The average Bonchev–Trinajstić information content (AvgIpc) is 2.96. The Hall–Kier alpha value is -0.570. The lowest BCUT2D eigenvalue weighted by atomic mass is 10.0. The van der Waals surface area contributed by atoms with Crippen LogP contribution in [0.1, 0.15) is 59.3 Å². The molecule has 0 aromatic rings. The van der Waals surface area contributed by atoms with E-state index in [0.29, 0.717) is 6.04 Å². The Morgan fingerprint density at radius 1 is 1.41 bits per heavy atom. The van der Waals surface area contributed by atoms with E-state index in [1.807, 2.05) is 13.8 Å². The predicted molar refractivity (Wildman–Crippen MR) is 71.6 cm³/mol. The van der Waals surface area contributed by atoms with E-state index >= 15 is 0 Å². The van der Waals surface area contributed by atoms with Gasteiger partial charge in [0.15, 0.2) is 0 Å². The number of amides is 1. The largest absolute Gasteiger partial charge is 0.353 e. The maximum absolute atomic E-state index is 11.9. The van der Waals surface area contributed by atoms with Gasteiger partial charge in [-0.3, -0.25) is 4.79 Å². The number of carbonyl (C=O) groups excluding carboxylic acids is 1. The highest BCUT2D eigenvalue weighted by Crippen LogP contribution is 2.34. The normalized spacial score (nSPS) is 26.4. The summed E-state index contributed by atoms with van der Waals surface area (Å²) in [6.07, 6.45) is 6.69. The molecule has 0 aromatic carbocycles. The van der Waals surface area contributed by atoms with E-state index in [1.54, 1.807) is 0 Å². The van der Waals surface area contributed by atoms with Gasteiger partial charge in [-0.25, -0.2) is 0 Å². The van der Waals surface area contributed by atoms with Crippen LogP contribution in [0.25, 0.3) is 0 Å². The molecule has 1 rings (SSSR count). The molecule has 3 N–H and O–H groups in total. The van der Waals surface area contributed by atoms with Gasteiger partial charge in [-0.1, -0.05) is 26.7 Å². The highest BCUT2D eigenvalue weighted by molar-refractivity contribution is 5.78. The van der Waals surface area contributed by atoms with E-state index < -0.39 is 0 Å². The van der Waals surface area contributed by atoms with Crippen LogP contribution in [-0.2, 0) is 4.79 Å². The first-order valence-corrected chi connectivity index (χ1v) is 7.10. The molecule has 0 aliphatic heterocycles. The summed E-state index contributed by atoms with van der Waals surface area (Å²) in [5, 5.41) is 3.16. The Balaban J connectivity index is 2.11. The average molecular weight is 240 g/mol. The number of hydrogen-bond donors (Lipinski definition) is 2. The lowest BCUT2D eigenvalue weighted by Gasteiger charge is -2.12. The maximum atomic E-state index is 11.9. The minimum absolute atomic E-state index is 0.136. The van der Waals surface area contributed by atoms with Crippen molar-refractivity contribution in [3.63, 3.8) is 0 Å². The Morgan fingerprint density at radius 2 is 2.12 bits per heavy atom. The monoisotopic (exact) mass is 240 g/mol. The molecule has 0 saturated heterocycles. The van der Waals surface area contributed by atoms with Crippen molar-refractivity contribution in [2.75, 3.05) is 0 Å². The smallest absolute Gasteiger partial charge is 0.223 e. The van der Waals surface area contributed by atoms with Gasteiger partial charge in [0.2, 0.25) is 5.91 Å². The third-order valence-corrected chi connectivity index (χ3v) is 3.65. The highest BCUT2D eigenvalue weighted by Gasteiger charge is 2.37. The molecule has 3 nitrogen and oxygen atoms in total. The van der Waals surface area contributed by atoms with Gasteiger partial charge < -0.3 is 11.1 Å². The fourth-order valence-electron chi connectivity index (χ4n) is 2.32. The summed E-state index contributed by atoms with van der Waals surface area (Å²) >= 11 is 0. The lowest BCUT2D eigenvalue weighted by molar-refractivity contribution is -0.124. The number of nitrogens with two attached hydrogens (primary N) is 1. The van der Waals surface area contributed by atoms with Gasteiger partial charge in [0.25, 0.3) is 0 Å². The first-order valence-electron chi connectivity index (χ1n) is 7.10. The second-order valence-electron chi connectivity index (χ2n) is 5.71. The van der Waals surface area contributed by atoms with Crippen molar-refractivity contribution in [3.05, 3.63) is 0 Å². The fourth-order valence-corrected chi connectivity index (χ4v) is 2.32. The van der Waals surface area contributed by atoms with Gasteiger partial charge in [-0.15, -0.1) is 0 Å². The topological polar surface area (TPSA) is 55.1 Å².